The molecule has 0 aromatic carbocycles. The third-order valence-corrected chi connectivity index (χ3v) is 8.51. The van der Waals surface area contributed by atoms with Crippen LogP contribution >= 0.6 is 0 Å². The van der Waals surface area contributed by atoms with Gasteiger partial charge < -0.3 is 5.32 Å². The molecule has 0 spiro atoms. The van der Waals surface area contributed by atoms with Gasteiger partial charge in [-0.1, -0.05) is 83.5 Å². The van der Waals surface area contributed by atoms with Gasteiger partial charge in [0.15, 0.2) is 5.96 Å². The fraction of sp³-hybridized carbons (Fsp3) is 0.920. The molecule has 2 N–H and O–H groups in total. The summed E-state index contributed by atoms with van der Waals surface area (Å²) in [6.07, 6.45) is 22.8. The number of nitrogens with zero attached hydrogens (tertiary/aromatic N) is 1. The Morgan fingerprint density at radius 2 is 1.31 bits per heavy atom. The average molecular weight is 402 g/mol. The van der Waals surface area contributed by atoms with E-state index in [1.165, 1.54) is 96.3 Å². The van der Waals surface area contributed by atoms with Gasteiger partial charge in [0.25, 0.3) is 5.91 Å². The van der Waals surface area contributed by atoms with E-state index in [1.807, 2.05) is 4.90 Å². The molecule has 0 aromatic rings. The van der Waals surface area contributed by atoms with E-state index in [2.05, 4.69) is 5.32 Å². The lowest BCUT2D eigenvalue weighted by molar-refractivity contribution is -0.132. The van der Waals surface area contributed by atoms with Crippen molar-refractivity contribution < 1.29 is 4.79 Å². The molecule has 164 valence electrons. The average Bonchev–Trinajstić information content (AvgIpc) is 2.99. The van der Waals surface area contributed by atoms with E-state index < -0.39 is 5.54 Å². The zero-order valence-corrected chi connectivity index (χ0v) is 18.5. The summed E-state index contributed by atoms with van der Waals surface area (Å²) in [4.78, 5) is 15.6. The van der Waals surface area contributed by atoms with Gasteiger partial charge in [0.05, 0.1) is 0 Å². The van der Waals surface area contributed by atoms with Crippen molar-refractivity contribution in [2.24, 2.45) is 17.8 Å². The molecule has 1 saturated heterocycles. The topological polar surface area (TPSA) is 56.2 Å². The van der Waals surface area contributed by atoms with Crippen molar-refractivity contribution in [3.05, 3.63) is 0 Å². The SMILES string of the molecule is N=C1N[C@](CCC2CCCCC2)(CC2CCCCC2)C(=O)N1CC1CCCCC1. The van der Waals surface area contributed by atoms with Gasteiger partial charge in [-0.05, 0) is 49.9 Å². The maximum Gasteiger partial charge on any atom is 0.255 e. The Balaban J connectivity index is 1.45. The van der Waals surface area contributed by atoms with E-state index in [9.17, 15) is 4.79 Å². The van der Waals surface area contributed by atoms with Crippen molar-refractivity contribution in [1.29, 1.82) is 5.41 Å². The van der Waals surface area contributed by atoms with Crippen LogP contribution in [-0.2, 0) is 4.79 Å². The number of hydrogen-bond acceptors (Lipinski definition) is 2. The van der Waals surface area contributed by atoms with Crippen LogP contribution in [0.15, 0.2) is 0 Å². The second-order valence-corrected chi connectivity index (χ2v) is 10.7. The number of carbonyl (C=O) groups excluding carboxylic acids is 1. The van der Waals surface area contributed by atoms with Crippen molar-refractivity contribution >= 4 is 11.9 Å². The molecule has 1 atom stereocenters. The summed E-state index contributed by atoms with van der Waals surface area (Å²) in [6.45, 7) is 0.778. The number of carbonyl (C=O) groups is 1. The molecule has 1 aliphatic heterocycles. The normalized spacial score (nSPS) is 30.7. The lowest BCUT2D eigenvalue weighted by atomic mass is 9.75. The molecule has 4 nitrogen and oxygen atoms in total. The Labute approximate surface area is 178 Å². The van der Waals surface area contributed by atoms with Crippen molar-refractivity contribution in [3.8, 4) is 0 Å². The molecule has 0 radical (unpaired) electrons. The summed E-state index contributed by atoms with van der Waals surface area (Å²) >= 11 is 0. The van der Waals surface area contributed by atoms with Crippen LogP contribution in [0.4, 0.5) is 0 Å². The molecule has 0 unspecified atom stereocenters. The molecule has 0 bridgehead atoms. The lowest BCUT2D eigenvalue weighted by Crippen LogP contribution is -2.49. The lowest BCUT2D eigenvalue weighted by Gasteiger charge is -2.35. The largest absolute Gasteiger partial charge is 0.342 e. The van der Waals surface area contributed by atoms with Crippen LogP contribution in [0.25, 0.3) is 0 Å². The number of amides is 1. The van der Waals surface area contributed by atoms with E-state index in [4.69, 9.17) is 5.41 Å². The zero-order valence-electron chi connectivity index (χ0n) is 18.5. The smallest absolute Gasteiger partial charge is 0.255 e. The predicted octanol–water partition coefficient (Wildman–Crippen LogP) is 6.00. The first-order valence-electron chi connectivity index (χ1n) is 12.8. The van der Waals surface area contributed by atoms with Gasteiger partial charge in [-0.15, -0.1) is 0 Å². The standard InChI is InChI=1S/C25H43N3O/c26-24-27-25(18-21-12-6-2-7-13-21,17-16-20-10-4-1-5-11-20)23(29)28(24)19-22-14-8-3-9-15-22/h20-22H,1-19H2,(H2,26,27)/t25-/m1/s1. The van der Waals surface area contributed by atoms with Crippen LogP contribution in [0.2, 0.25) is 0 Å². The van der Waals surface area contributed by atoms with Gasteiger partial charge in [0.2, 0.25) is 0 Å². The summed E-state index contributed by atoms with van der Waals surface area (Å²) < 4.78 is 0. The molecule has 4 heteroatoms. The summed E-state index contributed by atoms with van der Waals surface area (Å²) in [5.74, 6) is 2.70. The number of hydrogen-bond donors (Lipinski definition) is 2. The van der Waals surface area contributed by atoms with Crippen molar-refractivity contribution in [2.75, 3.05) is 6.54 Å². The Morgan fingerprint density at radius 1 is 0.793 bits per heavy atom. The second kappa shape index (κ2) is 9.83. The van der Waals surface area contributed by atoms with Crippen molar-refractivity contribution in [1.82, 2.24) is 10.2 Å². The second-order valence-electron chi connectivity index (χ2n) is 10.7. The van der Waals surface area contributed by atoms with Gasteiger partial charge in [0.1, 0.15) is 5.54 Å². The number of guanidine groups is 1. The van der Waals surface area contributed by atoms with Crippen LogP contribution in [0.5, 0.6) is 0 Å². The summed E-state index contributed by atoms with van der Waals surface area (Å²) in [6, 6.07) is 0. The maximum atomic E-state index is 13.8. The van der Waals surface area contributed by atoms with Crippen LogP contribution in [0.3, 0.4) is 0 Å². The Kier molecular flexibility index (Phi) is 7.18. The fourth-order valence-electron chi connectivity index (χ4n) is 6.73. The maximum absolute atomic E-state index is 13.8. The third kappa shape index (κ3) is 5.17. The highest BCUT2D eigenvalue weighted by Crippen LogP contribution is 2.39. The molecule has 0 aromatic heterocycles. The first kappa shape index (κ1) is 21.2. The van der Waals surface area contributed by atoms with Crippen molar-refractivity contribution in [2.45, 2.75) is 121 Å². The predicted molar refractivity (Wildman–Crippen MR) is 119 cm³/mol. The molecule has 3 aliphatic carbocycles. The van der Waals surface area contributed by atoms with Gasteiger partial charge in [-0.2, -0.15) is 0 Å². The molecule has 3 saturated carbocycles. The Bertz CT molecular complexity index is 558. The fourth-order valence-corrected chi connectivity index (χ4v) is 6.73. The van der Waals surface area contributed by atoms with Gasteiger partial charge in [-0.3, -0.25) is 15.1 Å². The third-order valence-electron chi connectivity index (χ3n) is 8.51. The van der Waals surface area contributed by atoms with Gasteiger partial charge >= 0.3 is 0 Å². The first-order valence-corrected chi connectivity index (χ1v) is 12.8. The minimum Gasteiger partial charge on any atom is -0.342 e. The molecule has 4 aliphatic rings. The molecule has 29 heavy (non-hydrogen) atoms. The van der Waals surface area contributed by atoms with Crippen LogP contribution in [-0.4, -0.2) is 28.9 Å². The highest BCUT2D eigenvalue weighted by molar-refractivity contribution is 6.07. The molecule has 4 rings (SSSR count). The molecule has 1 amide bonds. The minimum atomic E-state index is -0.481. The van der Waals surface area contributed by atoms with E-state index in [1.54, 1.807) is 0 Å². The Morgan fingerprint density at radius 3 is 1.90 bits per heavy atom. The van der Waals surface area contributed by atoms with Crippen molar-refractivity contribution in [3.63, 3.8) is 0 Å². The van der Waals surface area contributed by atoms with E-state index >= 15 is 0 Å². The van der Waals surface area contributed by atoms with Gasteiger partial charge in [-0.25, -0.2) is 0 Å². The summed E-state index contributed by atoms with van der Waals surface area (Å²) in [7, 11) is 0. The molecular formula is C25H43N3O. The molecular weight excluding hydrogens is 358 g/mol. The van der Waals surface area contributed by atoms with Crippen LogP contribution < -0.4 is 5.32 Å². The highest BCUT2D eigenvalue weighted by Gasteiger charge is 2.50. The molecule has 4 fully saturated rings. The van der Waals surface area contributed by atoms with E-state index in [0.29, 0.717) is 17.8 Å². The quantitative estimate of drug-likeness (QED) is 0.549. The van der Waals surface area contributed by atoms with E-state index in [0.717, 1.165) is 31.7 Å². The number of nitrogens with one attached hydrogen (secondary N) is 2. The van der Waals surface area contributed by atoms with Crippen LogP contribution in [0, 0.1) is 23.2 Å². The first-order chi connectivity index (χ1) is 14.2. The Hall–Kier alpha value is -1.06. The number of rotatable bonds is 7. The van der Waals surface area contributed by atoms with E-state index in [-0.39, 0.29) is 5.91 Å². The summed E-state index contributed by atoms with van der Waals surface area (Å²) in [5.41, 5.74) is -0.481. The van der Waals surface area contributed by atoms with Gasteiger partial charge in [0, 0.05) is 6.54 Å². The minimum absolute atomic E-state index is 0.245. The zero-order chi connectivity index (χ0) is 20.1. The monoisotopic (exact) mass is 401 g/mol. The highest BCUT2D eigenvalue weighted by atomic mass is 16.2. The summed E-state index contributed by atoms with van der Waals surface area (Å²) in [5, 5.41) is 12.1. The molecule has 1 heterocycles. The van der Waals surface area contributed by atoms with Crippen LogP contribution in [0.1, 0.15) is 116 Å².